The number of rotatable bonds is 6. The molecule has 0 aliphatic heterocycles. The quantitative estimate of drug-likeness (QED) is 0.806. The van der Waals surface area contributed by atoms with Crippen LogP contribution in [0.25, 0.3) is 0 Å². The van der Waals surface area contributed by atoms with Crippen LogP contribution in [0, 0.1) is 12.3 Å². The van der Waals surface area contributed by atoms with Gasteiger partial charge in [0.2, 0.25) is 0 Å². The molecule has 2 rings (SSSR count). The Kier molecular flexibility index (Phi) is 3.60. The zero-order valence-electron chi connectivity index (χ0n) is 11.1. The molecule has 1 aliphatic carbocycles. The Bertz CT molecular complexity index is 450. The first-order chi connectivity index (χ1) is 8.58. The molecule has 0 saturated heterocycles. The molecule has 0 amide bonds. The molecule has 0 radical (unpaired) electrons. The van der Waals surface area contributed by atoms with Crippen molar-refractivity contribution in [1.82, 2.24) is 0 Å². The molecule has 0 bridgehead atoms. The minimum atomic E-state index is -0.860. The van der Waals surface area contributed by atoms with Gasteiger partial charge in [-0.25, -0.2) is 4.79 Å². The second-order valence-electron chi connectivity index (χ2n) is 5.41. The molecule has 1 saturated carbocycles. The van der Waals surface area contributed by atoms with E-state index < -0.39 is 5.97 Å². The maximum atomic E-state index is 11.2. The molecular weight excluding hydrogens is 226 g/mol. The van der Waals surface area contributed by atoms with Crippen molar-refractivity contribution in [2.45, 2.75) is 39.5 Å². The summed E-state index contributed by atoms with van der Waals surface area (Å²) in [7, 11) is 0. The van der Waals surface area contributed by atoms with E-state index in [2.05, 4.69) is 12.2 Å². The van der Waals surface area contributed by atoms with Gasteiger partial charge in [0, 0.05) is 6.54 Å². The summed E-state index contributed by atoms with van der Waals surface area (Å²) in [5, 5.41) is 12.6. The summed E-state index contributed by atoms with van der Waals surface area (Å²) < 4.78 is 0. The van der Waals surface area contributed by atoms with Gasteiger partial charge in [0.25, 0.3) is 0 Å². The highest BCUT2D eigenvalue weighted by Gasteiger charge is 2.41. The largest absolute Gasteiger partial charge is 0.478 e. The molecule has 1 aliphatic rings. The Balaban J connectivity index is 2.11. The monoisotopic (exact) mass is 247 g/mol. The first-order valence-corrected chi connectivity index (χ1v) is 6.65. The fraction of sp³-hybridized carbons (Fsp3) is 0.533. The predicted molar refractivity (Wildman–Crippen MR) is 73.2 cm³/mol. The summed E-state index contributed by atoms with van der Waals surface area (Å²) in [5.41, 5.74) is 2.59. The highest BCUT2D eigenvalue weighted by molar-refractivity contribution is 5.95. The van der Waals surface area contributed by atoms with Crippen LogP contribution in [-0.2, 0) is 0 Å². The lowest BCUT2D eigenvalue weighted by Crippen LogP contribution is -2.17. The van der Waals surface area contributed by atoms with Crippen LogP contribution < -0.4 is 5.32 Å². The lowest BCUT2D eigenvalue weighted by atomic mass is 10.00. The Labute approximate surface area is 108 Å². The molecule has 0 atom stereocenters. The van der Waals surface area contributed by atoms with Crippen LogP contribution in [0.15, 0.2) is 18.2 Å². The fourth-order valence-electron chi connectivity index (χ4n) is 2.58. The number of nitrogens with one attached hydrogen (secondary N) is 1. The normalized spacial score (nSPS) is 16.3. The van der Waals surface area contributed by atoms with Gasteiger partial charge in [-0.2, -0.15) is 0 Å². The van der Waals surface area contributed by atoms with Crippen LogP contribution >= 0.6 is 0 Å². The summed E-state index contributed by atoms with van der Waals surface area (Å²) in [5.74, 6) is -0.860. The SMILES string of the molecule is CCCC1(CNc2c(C)cccc2C(=O)O)CC1. The van der Waals surface area contributed by atoms with Crippen molar-refractivity contribution in [2.24, 2.45) is 5.41 Å². The van der Waals surface area contributed by atoms with Crippen LogP contribution in [0.1, 0.15) is 48.5 Å². The third-order valence-electron chi connectivity index (χ3n) is 3.88. The highest BCUT2D eigenvalue weighted by atomic mass is 16.4. The van der Waals surface area contributed by atoms with E-state index in [1.165, 1.54) is 25.7 Å². The molecular formula is C15H21NO2. The van der Waals surface area contributed by atoms with Gasteiger partial charge in [0.15, 0.2) is 0 Å². The third kappa shape index (κ3) is 2.66. The van der Waals surface area contributed by atoms with Gasteiger partial charge in [-0.05, 0) is 43.2 Å². The second-order valence-corrected chi connectivity index (χ2v) is 5.41. The summed E-state index contributed by atoms with van der Waals surface area (Å²) in [6, 6.07) is 5.41. The molecule has 1 aromatic carbocycles. The Morgan fingerprint density at radius 3 is 2.72 bits per heavy atom. The van der Waals surface area contributed by atoms with Gasteiger partial charge in [-0.3, -0.25) is 0 Å². The molecule has 0 spiro atoms. The molecule has 2 N–H and O–H groups in total. The number of anilines is 1. The molecule has 3 heteroatoms. The summed E-state index contributed by atoms with van der Waals surface area (Å²) in [6.07, 6.45) is 4.96. The first kappa shape index (κ1) is 12.9. The summed E-state index contributed by atoms with van der Waals surface area (Å²) in [4.78, 5) is 11.2. The third-order valence-corrected chi connectivity index (χ3v) is 3.88. The van der Waals surface area contributed by atoms with E-state index in [9.17, 15) is 9.90 Å². The van der Waals surface area contributed by atoms with Crippen LogP contribution in [0.2, 0.25) is 0 Å². The maximum absolute atomic E-state index is 11.2. The number of benzene rings is 1. The molecule has 98 valence electrons. The predicted octanol–water partition coefficient (Wildman–Crippen LogP) is 3.69. The van der Waals surface area contributed by atoms with Gasteiger partial charge in [-0.15, -0.1) is 0 Å². The van der Waals surface area contributed by atoms with Crippen LogP contribution in [0.4, 0.5) is 5.69 Å². The second kappa shape index (κ2) is 5.01. The minimum absolute atomic E-state index is 0.377. The van der Waals surface area contributed by atoms with Crippen molar-refractivity contribution < 1.29 is 9.90 Å². The first-order valence-electron chi connectivity index (χ1n) is 6.65. The van der Waals surface area contributed by atoms with Crippen LogP contribution in [0.5, 0.6) is 0 Å². The van der Waals surface area contributed by atoms with E-state index in [0.717, 1.165) is 17.8 Å². The molecule has 18 heavy (non-hydrogen) atoms. The molecule has 0 aromatic heterocycles. The highest BCUT2D eigenvalue weighted by Crippen LogP contribution is 2.49. The lowest BCUT2D eigenvalue weighted by Gasteiger charge is -2.18. The van der Waals surface area contributed by atoms with E-state index in [1.807, 2.05) is 13.0 Å². The van der Waals surface area contributed by atoms with E-state index in [1.54, 1.807) is 12.1 Å². The number of carbonyl (C=O) groups is 1. The van der Waals surface area contributed by atoms with Crippen LogP contribution in [0.3, 0.4) is 0 Å². The van der Waals surface area contributed by atoms with Crippen LogP contribution in [-0.4, -0.2) is 17.6 Å². The minimum Gasteiger partial charge on any atom is -0.478 e. The number of carboxylic acid groups (broad SMARTS) is 1. The van der Waals surface area contributed by atoms with Crippen molar-refractivity contribution in [3.63, 3.8) is 0 Å². The number of aromatic carboxylic acids is 1. The van der Waals surface area contributed by atoms with Gasteiger partial charge in [0.05, 0.1) is 11.3 Å². The fourth-order valence-corrected chi connectivity index (χ4v) is 2.58. The summed E-state index contributed by atoms with van der Waals surface area (Å²) in [6.45, 7) is 5.05. The Morgan fingerprint density at radius 2 is 2.17 bits per heavy atom. The topological polar surface area (TPSA) is 49.3 Å². The number of aryl methyl sites for hydroxylation is 1. The molecule has 0 unspecified atom stereocenters. The van der Waals surface area contributed by atoms with Gasteiger partial charge < -0.3 is 10.4 Å². The smallest absolute Gasteiger partial charge is 0.337 e. The number of hydrogen-bond acceptors (Lipinski definition) is 2. The van der Waals surface area contributed by atoms with Crippen molar-refractivity contribution >= 4 is 11.7 Å². The maximum Gasteiger partial charge on any atom is 0.337 e. The van der Waals surface area contributed by atoms with Crippen molar-refractivity contribution in [3.8, 4) is 0 Å². The number of carboxylic acids is 1. The van der Waals surface area contributed by atoms with Gasteiger partial charge in [-0.1, -0.05) is 25.5 Å². The Morgan fingerprint density at radius 1 is 1.44 bits per heavy atom. The van der Waals surface area contributed by atoms with E-state index in [4.69, 9.17) is 0 Å². The van der Waals surface area contributed by atoms with E-state index >= 15 is 0 Å². The Hall–Kier alpha value is -1.51. The standard InChI is InChI=1S/C15H21NO2/c1-3-7-15(8-9-15)10-16-13-11(2)5-4-6-12(13)14(17)18/h4-6,16H,3,7-10H2,1-2H3,(H,17,18). The van der Waals surface area contributed by atoms with Gasteiger partial charge >= 0.3 is 5.97 Å². The number of para-hydroxylation sites is 1. The average Bonchev–Trinajstić information content (AvgIpc) is 3.08. The van der Waals surface area contributed by atoms with Gasteiger partial charge in [0.1, 0.15) is 0 Å². The zero-order chi connectivity index (χ0) is 13.2. The summed E-state index contributed by atoms with van der Waals surface area (Å²) >= 11 is 0. The molecule has 0 heterocycles. The molecule has 1 aromatic rings. The van der Waals surface area contributed by atoms with Crippen molar-refractivity contribution in [3.05, 3.63) is 29.3 Å². The van der Waals surface area contributed by atoms with Crippen molar-refractivity contribution in [1.29, 1.82) is 0 Å². The van der Waals surface area contributed by atoms with Crippen molar-refractivity contribution in [2.75, 3.05) is 11.9 Å². The molecule has 3 nitrogen and oxygen atoms in total. The lowest BCUT2D eigenvalue weighted by molar-refractivity contribution is 0.0698. The van der Waals surface area contributed by atoms with E-state index in [0.29, 0.717) is 11.0 Å². The average molecular weight is 247 g/mol. The zero-order valence-corrected chi connectivity index (χ0v) is 11.1. The van der Waals surface area contributed by atoms with E-state index in [-0.39, 0.29) is 0 Å². The number of hydrogen-bond donors (Lipinski definition) is 2. The molecule has 1 fully saturated rings.